The number of amides is 1. The molecule has 24 heavy (non-hydrogen) atoms. The summed E-state index contributed by atoms with van der Waals surface area (Å²) >= 11 is 0. The van der Waals surface area contributed by atoms with Gasteiger partial charge in [-0.05, 0) is 35.2 Å². The second-order valence-corrected chi connectivity index (χ2v) is 5.85. The monoisotopic (exact) mass is 325 g/mol. The van der Waals surface area contributed by atoms with E-state index in [1.54, 1.807) is 6.07 Å². The van der Waals surface area contributed by atoms with Gasteiger partial charge in [0.25, 0.3) is 5.91 Å². The maximum absolute atomic E-state index is 12.6. The van der Waals surface area contributed by atoms with Crippen LogP contribution in [0.25, 0.3) is 0 Å². The highest BCUT2D eigenvalue weighted by Gasteiger charge is 2.19. The van der Waals surface area contributed by atoms with Gasteiger partial charge in [0.1, 0.15) is 0 Å². The van der Waals surface area contributed by atoms with Crippen LogP contribution < -0.4 is 5.32 Å². The van der Waals surface area contributed by atoms with Crippen molar-refractivity contribution in [1.29, 1.82) is 0 Å². The van der Waals surface area contributed by atoms with Crippen molar-refractivity contribution < 1.29 is 19.4 Å². The van der Waals surface area contributed by atoms with Gasteiger partial charge < -0.3 is 15.2 Å². The fourth-order valence-corrected chi connectivity index (χ4v) is 2.83. The Hall–Kier alpha value is -2.66. The molecule has 0 saturated carbocycles. The molecule has 0 aromatic heterocycles. The smallest absolute Gasteiger partial charge is 0.303 e. The normalized spacial score (nSPS) is 14.0. The Balaban J connectivity index is 1.76. The Morgan fingerprint density at radius 1 is 1.08 bits per heavy atom. The third-order valence-corrected chi connectivity index (χ3v) is 4.14. The maximum atomic E-state index is 12.6. The number of hydrogen-bond donors (Lipinski definition) is 2. The highest BCUT2D eigenvalue weighted by Crippen LogP contribution is 2.23. The Labute approximate surface area is 140 Å². The second kappa shape index (κ2) is 7.27. The van der Waals surface area contributed by atoms with Gasteiger partial charge in [-0.3, -0.25) is 9.59 Å². The molecule has 2 aromatic carbocycles. The van der Waals surface area contributed by atoms with E-state index in [0.717, 1.165) is 16.7 Å². The number of rotatable bonds is 6. The number of carboxylic acid groups (broad SMARTS) is 1. The molecule has 2 N–H and O–H groups in total. The predicted octanol–water partition coefficient (Wildman–Crippen LogP) is 3.05. The van der Waals surface area contributed by atoms with Crippen LogP contribution >= 0.6 is 0 Å². The topological polar surface area (TPSA) is 75.6 Å². The van der Waals surface area contributed by atoms with Gasteiger partial charge in [0.2, 0.25) is 0 Å². The number of ether oxygens (including phenoxy) is 1. The van der Waals surface area contributed by atoms with Crippen LogP contribution in [0, 0.1) is 0 Å². The number of carbonyl (C=O) groups is 2. The average Bonchev–Trinajstić information content (AvgIpc) is 3.06. The second-order valence-electron chi connectivity index (χ2n) is 5.85. The summed E-state index contributed by atoms with van der Waals surface area (Å²) in [4.78, 5) is 23.5. The van der Waals surface area contributed by atoms with Crippen LogP contribution in [0.5, 0.6) is 0 Å². The molecule has 0 saturated heterocycles. The molecule has 1 aliphatic heterocycles. The van der Waals surface area contributed by atoms with Crippen molar-refractivity contribution in [3.63, 3.8) is 0 Å². The molecule has 3 rings (SSSR count). The number of fused-ring (bicyclic) bond motifs is 1. The van der Waals surface area contributed by atoms with Crippen molar-refractivity contribution in [3.05, 3.63) is 70.8 Å². The molecule has 1 atom stereocenters. The first-order chi connectivity index (χ1) is 11.6. The zero-order valence-corrected chi connectivity index (χ0v) is 13.2. The van der Waals surface area contributed by atoms with Gasteiger partial charge in [-0.25, -0.2) is 0 Å². The van der Waals surface area contributed by atoms with E-state index in [0.29, 0.717) is 25.2 Å². The van der Waals surface area contributed by atoms with Crippen LogP contribution in [0.2, 0.25) is 0 Å². The Bertz CT molecular complexity index is 742. The minimum atomic E-state index is -0.875. The largest absolute Gasteiger partial charge is 0.481 e. The van der Waals surface area contributed by atoms with E-state index in [-0.39, 0.29) is 18.4 Å². The van der Waals surface area contributed by atoms with E-state index in [2.05, 4.69) is 5.32 Å². The van der Waals surface area contributed by atoms with E-state index in [1.165, 1.54) is 0 Å². The van der Waals surface area contributed by atoms with Gasteiger partial charge >= 0.3 is 5.97 Å². The third kappa shape index (κ3) is 3.81. The van der Waals surface area contributed by atoms with E-state index in [4.69, 9.17) is 9.84 Å². The molecule has 0 bridgehead atoms. The lowest BCUT2D eigenvalue weighted by molar-refractivity contribution is -0.137. The third-order valence-electron chi connectivity index (χ3n) is 4.14. The standard InChI is InChI=1S/C19H19NO4/c21-18(22)9-8-17(13-4-2-1-3-5-13)20-19(23)14-6-7-15-11-24-12-16(15)10-14/h1-7,10,17H,8-9,11-12H2,(H,20,23)(H,21,22). The van der Waals surface area contributed by atoms with Crippen molar-refractivity contribution in [2.45, 2.75) is 32.1 Å². The molecule has 5 nitrogen and oxygen atoms in total. The molecule has 0 aliphatic carbocycles. The SMILES string of the molecule is O=C(O)CCC(NC(=O)c1ccc2c(c1)COC2)c1ccccc1. The zero-order valence-electron chi connectivity index (χ0n) is 13.2. The van der Waals surface area contributed by atoms with Crippen LogP contribution in [-0.2, 0) is 22.7 Å². The minimum absolute atomic E-state index is 0.00211. The number of benzene rings is 2. The van der Waals surface area contributed by atoms with E-state index >= 15 is 0 Å². The molecular formula is C19H19NO4. The van der Waals surface area contributed by atoms with Crippen molar-refractivity contribution >= 4 is 11.9 Å². The van der Waals surface area contributed by atoms with Gasteiger partial charge in [-0.1, -0.05) is 36.4 Å². The highest BCUT2D eigenvalue weighted by molar-refractivity contribution is 5.94. The van der Waals surface area contributed by atoms with Crippen LogP contribution in [-0.4, -0.2) is 17.0 Å². The summed E-state index contributed by atoms with van der Waals surface area (Å²) in [6, 6.07) is 14.6. The quantitative estimate of drug-likeness (QED) is 0.856. The first-order valence-corrected chi connectivity index (χ1v) is 7.90. The molecule has 1 heterocycles. The Kier molecular flexibility index (Phi) is 4.91. The van der Waals surface area contributed by atoms with Gasteiger partial charge in [-0.2, -0.15) is 0 Å². The highest BCUT2D eigenvalue weighted by atomic mass is 16.5. The molecule has 2 aromatic rings. The lowest BCUT2D eigenvalue weighted by atomic mass is 10.0. The molecule has 1 amide bonds. The summed E-state index contributed by atoms with van der Waals surface area (Å²) in [6.45, 7) is 1.11. The van der Waals surface area contributed by atoms with E-state index in [1.807, 2.05) is 42.5 Å². The van der Waals surface area contributed by atoms with Gasteiger partial charge in [0, 0.05) is 12.0 Å². The summed E-state index contributed by atoms with van der Waals surface area (Å²) in [7, 11) is 0. The number of hydrogen-bond acceptors (Lipinski definition) is 3. The van der Waals surface area contributed by atoms with Gasteiger partial charge in [0.15, 0.2) is 0 Å². The lowest BCUT2D eigenvalue weighted by Gasteiger charge is -2.19. The van der Waals surface area contributed by atoms with Crippen molar-refractivity contribution in [2.24, 2.45) is 0 Å². The van der Waals surface area contributed by atoms with Crippen LogP contribution in [0.3, 0.4) is 0 Å². The molecule has 5 heteroatoms. The predicted molar refractivity (Wildman–Crippen MR) is 88.5 cm³/mol. The summed E-state index contributed by atoms with van der Waals surface area (Å²) in [5, 5.41) is 11.9. The molecule has 1 aliphatic rings. The van der Waals surface area contributed by atoms with Crippen molar-refractivity contribution in [1.82, 2.24) is 5.32 Å². The van der Waals surface area contributed by atoms with E-state index in [9.17, 15) is 9.59 Å². The summed E-state index contributed by atoms with van der Waals surface area (Å²) in [5.74, 6) is -1.08. The number of carbonyl (C=O) groups excluding carboxylic acids is 1. The summed E-state index contributed by atoms with van der Waals surface area (Å²) in [5.41, 5.74) is 3.61. The number of carboxylic acids is 1. The van der Waals surface area contributed by atoms with Crippen molar-refractivity contribution in [2.75, 3.05) is 0 Å². The lowest BCUT2D eigenvalue weighted by Crippen LogP contribution is -2.29. The van der Waals surface area contributed by atoms with Crippen molar-refractivity contribution in [3.8, 4) is 0 Å². The first-order valence-electron chi connectivity index (χ1n) is 7.90. The van der Waals surface area contributed by atoms with E-state index < -0.39 is 5.97 Å². The molecule has 0 spiro atoms. The fraction of sp³-hybridized carbons (Fsp3) is 0.263. The fourth-order valence-electron chi connectivity index (χ4n) is 2.83. The first kappa shape index (κ1) is 16.2. The molecular weight excluding hydrogens is 306 g/mol. The Morgan fingerprint density at radius 3 is 2.58 bits per heavy atom. The molecule has 1 unspecified atom stereocenters. The summed E-state index contributed by atoms with van der Waals surface area (Å²) in [6.07, 6.45) is 0.344. The van der Waals surface area contributed by atoms with Crippen LogP contribution in [0.4, 0.5) is 0 Å². The van der Waals surface area contributed by atoms with Gasteiger partial charge in [-0.15, -0.1) is 0 Å². The molecule has 0 fully saturated rings. The maximum Gasteiger partial charge on any atom is 0.303 e. The number of nitrogens with one attached hydrogen (secondary N) is 1. The average molecular weight is 325 g/mol. The molecule has 124 valence electrons. The minimum Gasteiger partial charge on any atom is -0.481 e. The van der Waals surface area contributed by atoms with Crippen LogP contribution in [0.1, 0.15) is 45.9 Å². The zero-order chi connectivity index (χ0) is 16.9. The molecule has 0 radical (unpaired) electrons. The Morgan fingerprint density at radius 2 is 1.83 bits per heavy atom. The van der Waals surface area contributed by atoms with Crippen LogP contribution in [0.15, 0.2) is 48.5 Å². The number of aliphatic carboxylic acids is 1. The van der Waals surface area contributed by atoms with Gasteiger partial charge in [0.05, 0.1) is 19.3 Å². The summed E-state index contributed by atoms with van der Waals surface area (Å²) < 4.78 is 5.37.